The van der Waals surface area contributed by atoms with Crippen LogP contribution in [0.25, 0.3) is 0 Å². The molecule has 2 heterocycles. The van der Waals surface area contributed by atoms with Crippen molar-refractivity contribution >= 4 is 17.4 Å². The molecule has 0 amide bonds. The van der Waals surface area contributed by atoms with Gasteiger partial charge in [0.05, 0.1) is 10.7 Å². The molecule has 0 spiro atoms. The Balaban J connectivity index is 2.03. The number of nitrogens with two attached hydrogens (primary N) is 1. The fraction of sp³-hybridized carbons (Fsp3) is 0.643. The first-order chi connectivity index (χ1) is 8.46. The third-order valence-corrected chi connectivity index (χ3v) is 4.09. The lowest BCUT2D eigenvalue weighted by Crippen LogP contribution is -2.25. The summed E-state index contributed by atoms with van der Waals surface area (Å²) in [5, 5.41) is 0.715. The average molecular weight is 268 g/mol. The second kappa shape index (κ2) is 5.45. The van der Waals surface area contributed by atoms with E-state index in [0.29, 0.717) is 16.3 Å². The standard InChI is InChI=1S/C14H22ClN3/c1-14(2)6-3-8-18(9-7-14)10-12-11(15)4-5-13(16)17-12/h4-5H,3,6-10H2,1-2H3,(H2,16,17). The van der Waals surface area contributed by atoms with Crippen LogP contribution < -0.4 is 5.73 Å². The van der Waals surface area contributed by atoms with Gasteiger partial charge in [-0.2, -0.15) is 0 Å². The molecule has 2 N–H and O–H groups in total. The zero-order chi connectivity index (χ0) is 13.2. The van der Waals surface area contributed by atoms with Crippen LogP contribution >= 0.6 is 11.6 Å². The Hall–Kier alpha value is -0.800. The molecule has 1 aromatic heterocycles. The summed E-state index contributed by atoms with van der Waals surface area (Å²) >= 11 is 6.17. The smallest absolute Gasteiger partial charge is 0.123 e. The van der Waals surface area contributed by atoms with Crippen LogP contribution in [0.15, 0.2) is 12.1 Å². The van der Waals surface area contributed by atoms with E-state index in [1.807, 2.05) is 6.07 Å². The molecular weight excluding hydrogens is 246 g/mol. The van der Waals surface area contributed by atoms with Gasteiger partial charge >= 0.3 is 0 Å². The summed E-state index contributed by atoms with van der Waals surface area (Å²) in [6.07, 6.45) is 3.77. The Morgan fingerprint density at radius 2 is 2.11 bits per heavy atom. The van der Waals surface area contributed by atoms with E-state index in [4.69, 9.17) is 17.3 Å². The Bertz CT molecular complexity index is 418. The van der Waals surface area contributed by atoms with E-state index in [2.05, 4.69) is 23.7 Å². The molecule has 0 aliphatic carbocycles. The topological polar surface area (TPSA) is 42.2 Å². The number of nitrogens with zero attached hydrogens (tertiary/aromatic N) is 2. The van der Waals surface area contributed by atoms with Gasteiger partial charge in [0, 0.05) is 6.54 Å². The summed E-state index contributed by atoms with van der Waals surface area (Å²) in [5.74, 6) is 0.546. The highest BCUT2D eigenvalue weighted by molar-refractivity contribution is 6.31. The maximum absolute atomic E-state index is 6.17. The van der Waals surface area contributed by atoms with Crippen molar-refractivity contribution < 1.29 is 0 Å². The Kier molecular flexibility index (Phi) is 4.13. The number of likely N-dealkylation sites (tertiary alicyclic amines) is 1. The molecule has 0 saturated carbocycles. The normalized spacial score (nSPS) is 20.6. The molecule has 1 fully saturated rings. The molecular formula is C14H22ClN3. The number of anilines is 1. The van der Waals surface area contributed by atoms with Gasteiger partial charge < -0.3 is 5.73 Å². The number of halogens is 1. The number of hydrogen-bond donors (Lipinski definition) is 1. The first kappa shape index (κ1) is 13.6. The van der Waals surface area contributed by atoms with Crippen molar-refractivity contribution in [3.8, 4) is 0 Å². The molecule has 1 saturated heterocycles. The first-order valence-electron chi connectivity index (χ1n) is 6.59. The van der Waals surface area contributed by atoms with Gasteiger partial charge in [-0.3, -0.25) is 4.90 Å². The van der Waals surface area contributed by atoms with Crippen LogP contribution in [-0.2, 0) is 6.54 Å². The summed E-state index contributed by atoms with van der Waals surface area (Å²) in [6, 6.07) is 3.58. The molecule has 0 atom stereocenters. The third kappa shape index (κ3) is 3.59. The molecule has 0 unspecified atom stereocenters. The minimum atomic E-state index is 0.460. The van der Waals surface area contributed by atoms with Crippen LogP contribution in [0.2, 0.25) is 5.02 Å². The highest BCUT2D eigenvalue weighted by atomic mass is 35.5. The second-order valence-electron chi connectivity index (χ2n) is 5.96. The monoisotopic (exact) mass is 267 g/mol. The van der Waals surface area contributed by atoms with Gasteiger partial charge in [-0.25, -0.2) is 4.98 Å². The van der Waals surface area contributed by atoms with Crippen molar-refractivity contribution in [3.63, 3.8) is 0 Å². The first-order valence-corrected chi connectivity index (χ1v) is 6.97. The number of pyridine rings is 1. The predicted molar refractivity (Wildman–Crippen MR) is 76.6 cm³/mol. The summed E-state index contributed by atoms with van der Waals surface area (Å²) in [4.78, 5) is 6.77. The van der Waals surface area contributed by atoms with Crippen LogP contribution in [0.4, 0.5) is 5.82 Å². The van der Waals surface area contributed by atoms with Crippen LogP contribution in [0.3, 0.4) is 0 Å². The molecule has 1 aromatic rings. The van der Waals surface area contributed by atoms with Crippen LogP contribution in [0.1, 0.15) is 38.8 Å². The Morgan fingerprint density at radius 1 is 1.33 bits per heavy atom. The van der Waals surface area contributed by atoms with Gasteiger partial charge in [-0.05, 0) is 49.9 Å². The molecule has 100 valence electrons. The molecule has 1 aliphatic rings. The van der Waals surface area contributed by atoms with Gasteiger partial charge in [0.15, 0.2) is 0 Å². The minimum absolute atomic E-state index is 0.460. The lowest BCUT2D eigenvalue weighted by molar-refractivity contribution is 0.253. The van der Waals surface area contributed by atoms with Crippen molar-refractivity contribution in [1.82, 2.24) is 9.88 Å². The fourth-order valence-electron chi connectivity index (χ4n) is 2.46. The van der Waals surface area contributed by atoms with Crippen LogP contribution in [0.5, 0.6) is 0 Å². The van der Waals surface area contributed by atoms with Crippen molar-refractivity contribution in [1.29, 1.82) is 0 Å². The minimum Gasteiger partial charge on any atom is -0.384 e. The highest BCUT2D eigenvalue weighted by Crippen LogP contribution is 2.30. The van der Waals surface area contributed by atoms with Crippen LogP contribution in [0, 0.1) is 5.41 Å². The van der Waals surface area contributed by atoms with Crippen molar-refractivity contribution in [2.24, 2.45) is 5.41 Å². The largest absolute Gasteiger partial charge is 0.384 e. The Morgan fingerprint density at radius 3 is 2.89 bits per heavy atom. The zero-order valence-corrected chi connectivity index (χ0v) is 12.0. The average Bonchev–Trinajstić information content (AvgIpc) is 2.46. The van der Waals surface area contributed by atoms with Gasteiger partial charge in [0.1, 0.15) is 5.82 Å². The van der Waals surface area contributed by atoms with Gasteiger partial charge in [0.25, 0.3) is 0 Å². The van der Waals surface area contributed by atoms with Crippen molar-refractivity contribution in [2.75, 3.05) is 18.8 Å². The van der Waals surface area contributed by atoms with E-state index in [1.165, 1.54) is 19.3 Å². The van der Waals surface area contributed by atoms with Gasteiger partial charge in [-0.1, -0.05) is 25.4 Å². The Labute approximate surface area is 114 Å². The van der Waals surface area contributed by atoms with Gasteiger partial charge in [0.2, 0.25) is 0 Å². The predicted octanol–water partition coefficient (Wildman–Crippen LogP) is 3.33. The summed E-state index contributed by atoms with van der Waals surface area (Å²) in [5.41, 5.74) is 7.08. The fourth-order valence-corrected chi connectivity index (χ4v) is 2.63. The quantitative estimate of drug-likeness (QED) is 0.894. The molecule has 4 heteroatoms. The summed E-state index contributed by atoms with van der Waals surface area (Å²) in [7, 11) is 0. The molecule has 2 rings (SSSR count). The maximum atomic E-state index is 6.17. The SMILES string of the molecule is CC1(C)CCCN(Cc2nc(N)ccc2Cl)CC1. The molecule has 1 aliphatic heterocycles. The second-order valence-corrected chi connectivity index (χ2v) is 6.37. The molecule has 18 heavy (non-hydrogen) atoms. The van der Waals surface area contributed by atoms with E-state index in [0.717, 1.165) is 25.3 Å². The van der Waals surface area contributed by atoms with Crippen LogP contribution in [-0.4, -0.2) is 23.0 Å². The number of nitrogen functional groups attached to an aromatic ring is 1. The van der Waals surface area contributed by atoms with Crippen molar-refractivity contribution in [2.45, 2.75) is 39.7 Å². The number of hydrogen-bond acceptors (Lipinski definition) is 3. The van der Waals surface area contributed by atoms with E-state index < -0.39 is 0 Å². The zero-order valence-electron chi connectivity index (χ0n) is 11.2. The maximum Gasteiger partial charge on any atom is 0.123 e. The lowest BCUT2D eigenvalue weighted by atomic mass is 9.85. The lowest BCUT2D eigenvalue weighted by Gasteiger charge is -2.23. The summed E-state index contributed by atoms with van der Waals surface area (Å²) < 4.78 is 0. The molecule has 3 nitrogen and oxygen atoms in total. The number of rotatable bonds is 2. The number of aromatic nitrogens is 1. The molecule has 0 aromatic carbocycles. The highest BCUT2D eigenvalue weighted by Gasteiger charge is 2.23. The van der Waals surface area contributed by atoms with E-state index >= 15 is 0 Å². The van der Waals surface area contributed by atoms with E-state index in [1.54, 1.807) is 6.07 Å². The van der Waals surface area contributed by atoms with Crippen molar-refractivity contribution in [3.05, 3.63) is 22.8 Å². The molecule has 0 bridgehead atoms. The van der Waals surface area contributed by atoms with E-state index in [-0.39, 0.29) is 0 Å². The molecule has 0 radical (unpaired) electrons. The van der Waals surface area contributed by atoms with Gasteiger partial charge in [-0.15, -0.1) is 0 Å². The third-order valence-electron chi connectivity index (χ3n) is 3.75. The summed E-state index contributed by atoms with van der Waals surface area (Å²) in [6.45, 7) is 7.74. The van der Waals surface area contributed by atoms with E-state index in [9.17, 15) is 0 Å².